The van der Waals surface area contributed by atoms with Gasteiger partial charge in [0.15, 0.2) is 0 Å². The van der Waals surface area contributed by atoms with E-state index in [9.17, 15) is 18.0 Å². The molecule has 0 amide bonds. The third-order valence-corrected chi connectivity index (χ3v) is 2.73. The van der Waals surface area contributed by atoms with E-state index < -0.39 is 18.7 Å². The number of carboxylic acids is 1. The predicted octanol–water partition coefficient (Wildman–Crippen LogP) is 2.74. The van der Waals surface area contributed by atoms with Crippen LogP contribution >= 0.6 is 0 Å². The first-order valence-electron chi connectivity index (χ1n) is 6.14. The highest BCUT2D eigenvalue weighted by molar-refractivity contribution is 5.95. The predicted molar refractivity (Wildman–Crippen MR) is 69.4 cm³/mol. The Balaban J connectivity index is 2.99. The average molecular weight is 290 g/mol. The molecule has 0 aliphatic rings. The molecule has 0 atom stereocenters. The Kier molecular flexibility index (Phi) is 5.38. The third-order valence-electron chi connectivity index (χ3n) is 2.73. The summed E-state index contributed by atoms with van der Waals surface area (Å²) in [7, 11) is 0. The maximum Gasteiger partial charge on any atom is 0.401 e. The number of halogens is 3. The number of carboxylic acid groups (broad SMARTS) is 1. The van der Waals surface area contributed by atoms with E-state index in [0.29, 0.717) is 6.42 Å². The molecule has 0 bridgehead atoms. The van der Waals surface area contributed by atoms with Gasteiger partial charge < -0.3 is 10.8 Å². The average Bonchev–Trinajstić information content (AvgIpc) is 2.26. The number of benzene rings is 1. The quantitative estimate of drug-likeness (QED) is 0.791. The molecule has 0 heterocycles. The zero-order valence-corrected chi connectivity index (χ0v) is 11.1. The second-order valence-corrected chi connectivity index (χ2v) is 4.51. The van der Waals surface area contributed by atoms with Crippen molar-refractivity contribution in [2.24, 2.45) is 0 Å². The van der Waals surface area contributed by atoms with Crippen LogP contribution in [-0.4, -0.2) is 35.2 Å². The molecule has 112 valence electrons. The van der Waals surface area contributed by atoms with E-state index in [4.69, 9.17) is 10.8 Å². The molecule has 0 radical (unpaired) electrons. The minimum Gasteiger partial charge on any atom is -0.478 e. The summed E-state index contributed by atoms with van der Waals surface area (Å²) in [5, 5.41) is 9.10. The number of hydrogen-bond acceptors (Lipinski definition) is 3. The van der Waals surface area contributed by atoms with Gasteiger partial charge in [-0.2, -0.15) is 13.2 Å². The van der Waals surface area contributed by atoms with Crippen LogP contribution in [0.3, 0.4) is 0 Å². The van der Waals surface area contributed by atoms with Gasteiger partial charge in [-0.15, -0.1) is 0 Å². The number of nitrogen functional groups attached to an aromatic ring is 1. The van der Waals surface area contributed by atoms with Crippen LogP contribution in [0.1, 0.15) is 29.3 Å². The summed E-state index contributed by atoms with van der Waals surface area (Å²) in [5.74, 6) is -1.23. The zero-order chi connectivity index (χ0) is 15.3. The monoisotopic (exact) mass is 290 g/mol. The minimum atomic E-state index is -4.32. The van der Waals surface area contributed by atoms with Gasteiger partial charge in [-0.05, 0) is 24.6 Å². The van der Waals surface area contributed by atoms with Crippen molar-refractivity contribution < 1.29 is 23.1 Å². The van der Waals surface area contributed by atoms with E-state index in [1.54, 1.807) is 6.92 Å². The lowest BCUT2D eigenvalue weighted by Crippen LogP contribution is -2.34. The summed E-state index contributed by atoms with van der Waals surface area (Å²) in [6.45, 7) is 0.822. The lowest BCUT2D eigenvalue weighted by molar-refractivity contribution is -0.147. The van der Waals surface area contributed by atoms with E-state index in [1.807, 2.05) is 0 Å². The van der Waals surface area contributed by atoms with Gasteiger partial charge in [0.25, 0.3) is 0 Å². The fourth-order valence-corrected chi connectivity index (χ4v) is 2.04. The second kappa shape index (κ2) is 6.60. The van der Waals surface area contributed by atoms with E-state index in [2.05, 4.69) is 0 Å². The number of rotatable bonds is 6. The molecule has 0 saturated heterocycles. The molecule has 0 unspecified atom stereocenters. The molecule has 0 aromatic heterocycles. The molecule has 1 aromatic carbocycles. The lowest BCUT2D eigenvalue weighted by atomic mass is 10.0. The van der Waals surface area contributed by atoms with E-state index in [-0.39, 0.29) is 29.9 Å². The summed E-state index contributed by atoms with van der Waals surface area (Å²) < 4.78 is 37.5. The second-order valence-electron chi connectivity index (χ2n) is 4.51. The zero-order valence-electron chi connectivity index (χ0n) is 11.1. The van der Waals surface area contributed by atoms with Gasteiger partial charge in [0, 0.05) is 12.2 Å². The highest BCUT2D eigenvalue weighted by atomic mass is 19.4. The maximum atomic E-state index is 12.5. The molecule has 4 nitrogen and oxygen atoms in total. The van der Waals surface area contributed by atoms with Crippen LogP contribution in [0.15, 0.2) is 18.2 Å². The molecule has 0 spiro atoms. The maximum absolute atomic E-state index is 12.5. The highest BCUT2D eigenvalue weighted by Gasteiger charge is 2.31. The van der Waals surface area contributed by atoms with Crippen molar-refractivity contribution >= 4 is 11.7 Å². The summed E-state index contributed by atoms with van der Waals surface area (Å²) >= 11 is 0. The van der Waals surface area contributed by atoms with Crippen molar-refractivity contribution in [1.29, 1.82) is 0 Å². The normalized spacial score (nSPS) is 11.8. The molecule has 0 aliphatic heterocycles. The minimum absolute atomic E-state index is 0.0541. The number of alkyl halides is 3. The molecule has 3 N–H and O–H groups in total. The Labute approximate surface area is 115 Å². The van der Waals surface area contributed by atoms with Crippen LogP contribution in [0.2, 0.25) is 0 Å². The van der Waals surface area contributed by atoms with Crippen LogP contribution in [0.4, 0.5) is 18.9 Å². The topological polar surface area (TPSA) is 66.6 Å². The van der Waals surface area contributed by atoms with Gasteiger partial charge >= 0.3 is 12.1 Å². The van der Waals surface area contributed by atoms with Crippen LogP contribution < -0.4 is 5.73 Å². The van der Waals surface area contributed by atoms with Crippen molar-refractivity contribution in [3.8, 4) is 0 Å². The van der Waals surface area contributed by atoms with E-state index in [0.717, 1.165) is 0 Å². The largest absolute Gasteiger partial charge is 0.478 e. The highest BCUT2D eigenvalue weighted by Crippen LogP contribution is 2.22. The van der Waals surface area contributed by atoms with Gasteiger partial charge in [-0.1, -0.05) is 19.1 Å². The third kappa shape index (κ3) is 4.73. The van der Waals surface area contributed by atoms with Crippen molar-refractivity contribution in [2.45, 2.75) is 26.1 Å². The first kappa shape index (κ1) is 16.3. The SMILES string of the molecule is CCCN(Cc1cccc(N)c1C(=O)O)CC(F)(F)F. The number of nitrogens with two attached hydrogens (primary N) is 1. The molecule has 0 aliphatic carbocycles. The number of nitrogens with zero attached hydrogens (tertiary/aromatic N) is 1. The first-order valence-corrected chi connectivity index (χ1v) is 6.14. The number of hydrogen-bond donors (Lipinski definition) is 2. The Morgan fingerprint density at radius 2 is 2.05 bits per heavy atom. The Morgan fingerprint density at radius 3 is 2.55 bits per heavy atom. The Morgan fingerprint density at radius 1 is 1.40 bits per heavy atom. The van der Waals surface area contributed by atoms with Crippen molar-refractivity contribution in [2.75, 3.05) is 18.8 Å². The van der Waals surface area contributed by atoms with E-state index in [1.165, 1.54) is 23.1 Å². The van der Waals surface area contributed by atoms with Crippen molar-refractivity contribution in [3.63, 3.8) is 0 Å². The first-order chi connectivity index (χ1) is 9.24. The standard InChI is InChI=1S/C13H17F3N2O2/c1-2-6-18(8-13(14,15)16)7-9-4-3-5-10(17)11(9)12(19)20/h3-5H,2,6-8,17H2,1H3,(H,19,20). The van der Waals surface area contributed by atoms with Crippen LogP contribution in [0, 0.1) is 0 Å². The summed E-state index contributed by atoms with van der Waals surface area (Å²) in [6.07, 6.45) is -3.78. The molecule has 0 fully saturated rings. The number of aromatic carboxylic acids is 1. The molecule has 1 aromatic rings. The molecule has 0 saturated carbocycles. The summed E-state index contributed by atoms with van der Waals surface area (Å²) in [6, 6.07) is 4.44. The van der Waals surface area contributed by atoms with Gasteiger partial charge in [0.05, 0.1) is 12.1 Å². The van der Waals surface area contributed by atoms with Gasteiger partial charge in [-0.3, -0.25) is 4.90 Å². The fourth-order valence-electron chi connectivity index (χ4n) is 2.04. The van der Waals surface area contributed by atoms with Crippen molar-refractivity contribution in [1.82, 2.24) is 4.90 Å². The van der Waals surface area contributed by atoms with Crippen molar-refractivity contribution in [3.05, 3.63) is 29.3 Å². The number of carbonyl (C=O) groups is 1. The molecular weight excluding hydrogens is 273 g/mol. The smallest absolute Gasteiger partial charge is 0.401 e. The molecular formula is C13H17F3N2O2. The lowest BCUT2D eigenvalue weighted by Gasteiger charge is -2.24. The molecule has 7 heteroatoms. The van der Waals surface area contributed by atoms with Crippen LogP contribution in [0.5, 0.6) is 0 Å². The Bertz CT molecular complexity index is 475. The van der Waals surface area contributed by atoms with Crippen LogP contribution in [0.25, 0.3) is 0 Å². The Hall–Kier alpha value is -1.76. The fraction of sp³-hybridized carbons (Fsp3) is 0.462. The van der Waals surface area contributed by atoms with Gasteiger partial charge in [0.1, 0.15) is 0 Å². The summed E-state index contributed by atoms with van der Waals surface area (Å²) in [4.78, 5) is 12.3. The molecule has 1 rings (SSSR count). The van der Waals surface area contributed by atoms with E-state index >= 15 is 0 Å². The van der Waals surface area contributed by atoms with Crippen LogP contribution in [-0.2, 0) is 6.54 Å². The number of anilines is 1. The van der Waals surface area contributed by atoms with Gasteiger partial charge in [-0.25, -0.2) is 4.79 Å². The summed E-state index contributed by atoms with van der Waals surface area (Å²) in [5.41, 5.74) is 5.79. The molecule has 20 heavy (non-hydrogen) atoms. The van der Waals surface area contributed by atoms with Gasteiger partial charge in [0.2, 0.25) is 0 Å².